The van der Waals surface area contributed by atoms with E-state index in [4.69, 9.17) is 14.2 Å². The molecule has 6 nitrogen and oxygen atoms in total. The maximum Gasteiger partial charge on any atom is 0.330 e. The zero-order chi connectivity index (χ0) is 25.9. The van der Waals surface area contributed by atoms with Crippen molar-refractivity contribution >= 4 is 5.97 Å². The Morgan fingerprint density at radius 1 is 1.11 bits per heavy atom. The highest BCUT2D eigenvalue weighted by Gasteiger charge is 2.23. The van der Waals surface area contributed by atoms with Gasteiger partial charge in [-0.15, -0.1) is 0 Å². The zero-order valence-corrected chi connectivity index (χ0v) is 21.6. The SMILES string of the molecule is C=C1C[C@H](C)C[C@@H]2CC=C[C@@H](C/C=C\C(=O)O[C@H]([C@@H](O)/C=C/[C@@H]3CC(C)=CCO3)C/C=C/[C@@H](O)C1)O2. The summed E-state index contributed by atoms with van der Waals surface area (Å²) in [7, 11) is 0. The van der Waals surface area contributed by atoms with Gasteiger partial charge in [-0.1, -0.05) is 73.3 Å². The monoisotopic (exact) mass is 498 g/mol. The molecule has 0 aromatic carbocycles. The number of rotatable bonds is 3. The van der Waals surface area contributed by atoms with E-state index in [0.29, 0.717) is 25.4 Å². The van der Waals surface area contributed by atoms with Gasteiger partial charge in [0.15, 0.2) is 0 Å². The third-order valence-electron chi connectivity index (χ3n) is 6.70. The van der Waals surface area contributed by atoms with Crippen LogP contribution in [0.5, 0.6) is 0 Å². The van der Waals surface area contributed by atoms with Crippen molar-refractivity contribution in [3.8, 4) is 0 Å². The Balaban J connectivity index is 1.70. The number of aliphatic hydroxyl groups is 2. The number of carbonyl (C=O) groups excluding carboxylic acids is 1. The van der Waals surface area contributed by atoms with Crippen LogP contribution in [0.1, 0.15) is 58.8 Å². The first-order valence-corrected chi connectivity index (χ1v) is 13.1. The maximum absolute atomic E-state index is 12.5. The summed E-state index contributed by atoms with van der Waals surface area (Å²) in [5.74, 6) is -0.123. The van der Waals surface area contributed by atoms with Gasteiger partial charge in [0.2, 0.25) is 0 Å². The summed E-state index contributed by atoms with van der Waals surface area (Å²) < 4.78 is 17.5. The van der Waals surface area contributed by atoms with Crippen molar-refractivity contribution in [2.24, 2.45) is 5.92 Å². The second kappa shape index (κ2) is 14.5. The molecule has 2 N–H and O–H groups in total. The van der Waals surface area contributed by atoms with Crippen molar-refractivity contribution in [2.45, 2.75) is 95.4 Å². The number of ether oxygens (including phenoxy) is 3. The number of hydrogen-bond acceptors (Lipinski definition) is 6. The molecule has 0 radical (unpaired) electrons. The van der Waals surface area contributed by atoms with Crippen molar-refractivity contribution in [3.63, 3.8) is 0 Å². The molecule has 198 valence electrons. The van der Waals surface area contributed by atoms with Crippen LogP contribution < -0.4 is 0 Å². The van der Waals surface area contributed by atoms with E-state index in [-0.39, 0.29) is 24.7 Å². The predicted octanol–water partition coefficient (Wildman–Crippen LogP) is 4.89. The number of fused-ring (bicyclic) bond motifs is 2. The Hall–Kier alpha value is -2.25. The molecule has 3 aliphatic rings. The average molecular weight is 499 g/mol. The molecular formula is C30H42O6. The first kappa shape index (κ1) is 28.3. The molecule has 6 heteroatoms. The minimum atomic E-state index is -1.01. The Bertz CT molecular complexity index is 882. The number of hydrogen-bond donors (Lipinski definition) is 2. The lowest BCUT2D eigenvalue weighted by molar-refractivity contribution is -0.147. The molecule has 2 bridgehead atoms. The predicted molar refractivity (Wildman–Crippen MR) is 141 cm³/mol. The molecular weight excluding hydrogens is 456 g/mol. The highest BCUT2D eigenvalue weighted by Crippen LogP contribution is 2.26. The summed E-state index contributed by atoms with van der Waals surface area (Å²) in [6, 6.07) is 0. The smallest absolute Gasteiger partial charge is 0.330 e. The summed E-state index contributed by atoms with van der Waals surface area (Å²) in [5, 5.41) is 21.3. The normalized spacial score (nSPS) is 35.8. The zero-order valence-electron chi connectivity index (χ0n) is 21.6. The molecule has 0 fully saturated rings. The van der Waals surface area contributed by atoms with Gasteiger partial charge in [0.1, 0.15) is 12.2 Å². The van der Waals surface area contributed by atoms with Gasteiger partial charge in [0.25, 0.3) is 0 Å². The molecule has 0 saturated heterocycles. The van der Waals surface area contributed by atoms with Gasteiger partial charge < -0.3 is 24.4 Å². The van der Waals surface area contributed by atoms with Crippen LogP contribution in [0.2, 0.25) is 0 Å². The van der Waals surface area contributed by atoms with E-state index in [1.807, 2.05) is 18.2 Å². The lowest BCUT2D eigenvalue weighted by Crippen LogP contribution is -2.30. The van der Waals surface area contributed by atoms with Crippen molar-refractivity contribution < 1.29 is 29.2 Å². The van der Waals surface area contributed by atoms with Crippen molar-refractivity contribution in [1.82, 2.24) is 0 Å². The van der Waals surface area contributed by atoms with Crippen LogP contribution in [0.25, 0.3) is 0 Å². The lowest BCUT2D eigenvalue weighted by Gasteiger charge is -2.28. The Kier molecular flexibility index (Phi) is 11.4. The van der Waals surface area contributed by atoms with Gasteiger partial charge in [-0.3, -0.25) is 0 Å². The third kappa shape index (κ3) is 10.0. The van der Waals surface area contributed by atoms with E-state index in [0.717, 1.165) is 31.3 Å². The first-order chi connectivity index (χ1) is 17.3. The Morgan fingerprint density at radius 2 is 1.92 bits per heavy atom. The molecule has 3 rings (SSSR count). The second-order valence-electron chi connectivity index (χ2n) is 10.3. The lowest BCUT2D eigenvalue weighted by atomic mass is 9.91. The molecule has 0 amide bonds. The molecule has 0 spiro atoms. The van der Waals surface area contributed by atoms with E-state index in [9.17, 15) is 15.0 Å². The van der Waals surface area contributed by atoms with Crippen LogP contribution in [0.3, 0.4) is 0 Å². The van der Waals surface area contributed by atoms with E-state index in [2.05, 4.69) is 26.5 Å². The van der Waals surface area contributed by atoms with E-state index < -0.39 is 24.3 Å². The van der Waals surface area contributed by atoms with Gasteiger partial charge in [-0.25, -0.2) is 4.79 Å². The van der Waals surface area contributed by atoms with Crippen molar-refractivity contribution in [1.29, 1.82) is 0 Å². The van der Waals surface area contributed by atoms with Gasteiger partial charge in [-0.2, -0.15) is 0 Å². The van der Waals surface area contributed by atoms with Crippen LogP contribution >= 0.6 is 0 Å². The van der Waals surface area contributed by atoms with Gasteiger partial charge >= 0.3 is 5.97 Å². The fraction of sp³-hybridized carbons (Fsp3) is 0.567. The standard InChI is InChI=1S/C30H42O6/c1-21-15-16-34-26(19-21)13-14-28(32)29-11-4-7-24(31)18-22(2)17-23(3)20-27-10-5-8-25(35-27)9-6-12-30(33)36-29/h4-8,12-15,23-29,31-32H,2,9-11,16-20H2,1,3H3/b7-4+,12-6-,14-13+/t23-,24+,25-,26+,27-,28-,29-/m0/s1. The van der Waals surface area contributed by atoms with E-state index in [1.54, 1.807) is 24.3 Å². The van der Waals surface area contributed by atoms with Crippen LogP contribution in [0.4, 0.5) is 0 Å². The number of carbonyl (C=O) groups is 1. The average Bonchev–Trinajstić information content (AvgIpc) is 2.81. The van der Waals surface area contributed by atoms with E-state index in [1.165, 1.54) is 11.6 Å². The van der Waals surface area contributed by atoms with Gasteiger partial charge in [0.05, 0.1) is 31.0 Å². The van der Waals surface area contributed by atoms with E-state index >= 15 is 0 Å². The van der Waals surface area contributed by atoms with Crippen molar-refractivity contribution in [2.75, 3.05) is 6.61 Å². The van der Waals surface area contributed by atoms with Crippen LogP contribution in [0, 0.1) is 5.92 Å². The molecule has 36 heavy (non-hydrogen) atoms. The maximum atomic E-state index is 12.5. The molecule has 7 atom stereocenters. The minimum Gasteiger partial charge on any atom is -0.456 e. The van der Waals surface area contributed by atoms with Crippen molar-refractivity contribution in [3.05, 3.63) is 72.4 Å². The largest absolute Gasteiger partial charge is 0.456 e. The van der Waals surface area contributed by atoms with Gasteiger partial charge in [-0.05, 0) is 51.4 Å². The molecule has 3 aliphatic heterocycles. The van der Waals surface area contributed by atoms with Gasteiger partial charge in [0, 0.05) is 12.5 Å². The fourth-order valence-corrected chi connectivity index (χ4v) is 4.86. The van der Waals surface area contributed by atoms with Crippen LogP contribution in [-0.4, -0.2) is 59.4 Å². The summed E-state index contributed by atoms with van der Waals surface area (Å²) in [5.41, 5.74) is 2.24. The second-order valence-corrected chi connectivity index (χ2v) is 10.3. The molecule has 0 aromatic rings. The first-order valence-electron chi connectivity index (χ1n) is 13.1. The molecule has 0 aliphatic carbocycles. The Morgan fingerprint density at radius 3 is 2.72 bits per heavy atom. The number of esters is 1. The number of cyclic esters (lactones) is 1. The molecule has 0 unspecified atom stereocenters. The molecule has 3 heterocycles. The van der Waals surface area contributed by atoms with Crippen LogP contribution in [0.15, 0.2) is 72.4 Å². The summed E-state index contributed by atoms with van der Waals surface area (Å²) in [4.78, 5) is 12.5. The summed E-state index contributed by atoms with van der Waals surface area (Å²) >= 11 is 0. The van der Waals surface area contributed by atoms with Crippen LogP contribution in [-0.2, 0) is 19.0 Å². The highest BCUT2D eigenvalue weighted by atomic mass is 16.6. The topological polar surface area (TPSA) is 85.2 Å². The number of aliphatic hydroxyl groups excluding tert-OH is 2. The molecule has 0 aromatic heterocycles. The highest BCUT2D eigenvalue weighted by molar-refractivity contribution is 5.82. The third-order valence-corrected chi connectivity index (χ3v) is 6.70. The summed E-state index contributed by atoms with van der Waals surface area (Å²) in [6.07, 6.45) is 18.5. The Labute approximate surface area is 215 Å². The quantitative estimate of drug-likeness (QED) is 0.426. The fourth-order valence-electron chi connectivity index (χ4n) is 4.86. The molecule has 0 saturated carbocycles. The summed E-state index contributed by atoms with van der Waals surface area (Å²) in [6.45, 7) is 8.95. The minimum absolute atomic E-state index is 0.0795.